The molecule has 106 valence electrons. The minimum absolute atomic E-state index is 0.0960. The number of hydrogen-bond donors (Lipinski definition) is 2. The van der Waals surface area contributed by atoms with E-state index in [1.807, 2.05) is 0 Å². The molecule has 1 heterocycles. The molecule has 0 aliphatic rings. The van der Waals surface area contributed by atoms with Crippen molar-refractivity contribution in [2.24, 2.45) is 7.05 Å². The highest BCUT2D eigenvalue weighted by Gasteiger charge is 2.08. The van der Waals surface area contributed by atoms with Gasteiger partial charge in [-0.25, -0.2) is 14.1 Å². The molecule has 0 saturated heterocycles. The van der Waals surface area contributed by atoms with Gasteiger partial charge in [-0.05, 0) is 18.2 Å². The highest BCUT2D eigenvalue weighted by Crippen LogP contribution is 2.18. The Morgan fingerprint density at radius 2 is 2.35 bits per heavy atom. The summed E-state index contributed by atoms with van der Waals surface area (Å²) < 4.78 is 15.1. The number of nitrogen functional groups attached to an aromatic ring is 1. The Kier molecular flexibility index (Phi) is 4.57. The number of rotatable bonds is 5. The topological polar surface area (TPSA) is 85.8 Å². The van der Waals surface area contributed by atoms with Crippen molar-refractivity contribution in [1.29, 1.82) is 0 Å². The van der Waals surface area contributed by atoms with Crippen LogP contribution in [-0.4, -0.2) is 26.4 Å². The van der Waals surface area contributed by atoms with E-state index < -0.39 is 5.82 Å². The molecule has 0 radical (unpaired) electrons. The molecule has 0 bridgehead atoms. The van der Waals surface area contributed by atoms with E-state index in [0.29, 0.717) is 11.4 Å². The molecule has 8 heteroatoms. The summed E-state index contributed by atoms with van der Waals surface area (Å²) >= 11 is 1.41. The zero-order valence-corrected chi connectivity index (χ0v) is 11.7. The Hall–Kier alpha value is -2.09. The van der Waals surface area contributed by atoms with Gasteiger partial charge in [0, 0.05) is 24.9 Å². The quantitative estimate of drug-likeness (QED) is 0.647. The molecular formula is C12H14FN5OS. The van der Waals surface area contributed by atoms with Gasteiger partial charge in [-0.15, -0.1) is 0 Å². The lowest BCUT2D eigenvalue weighted by atomic mass is 10.2. The van der Waals surface area contributed by atoms with Crippen molar-refractivity contribution in [3.8, 4) is 0 Å². The molecule has 0 spiro atoms. The van der Waals surface area contributed by atoms with Gasteiger partial charge in [-0.2, -0.15) is 5.10 Å². The Labute approximate surface area is 119 Å². The lowest BCUT2D eigenvalue weighted by Gasteiger charge is -2.07. The van der Waals surface area contributed by atoms with E-state index in [-0.39, 0.29) is 18.0 Å². The molecular weight excluding hydrogens is 281 g/mol. The maximum absolute atomic E-state index is 13.4. The number of nitrogens with zero attached hydrogens (tertiary/aromatic N) is 3. The summed E-state index contributed by atoms with van der Waals surface area (Å²) in [6.45, 7) is 0. The second-order valence-corrected chi connectivity index (χ2v) is 5.11. The maximum Gasteiger partial charge on any atom is 0.225 e. The van der Waals surface area contributed by atoms with Crippen LogP contribution in [0.3, 0.4) is 0 Å². The van der Waals surface area contributed by atoms with Crippen LogP contribution in [0.25, 0.3) is 0 Å². The summed E-state index contributed by atoms with van der Waals surface area (Å²) in [5, 5.41) is 7.15. The molecule has 1 aromatic heterocycles. The second kappa shape index (κ2) is 6.38. The molecule has 0 aliphatic heterocycles. The third-order valence-electron chi connectivity index (χ3n) is 2.49. The number of amides is 1. The van der Waals surface area contributed by atoms with Crippen LogP contribution in [0.1, 0.15) is 6.42 Å². The van der Waals surface area contributed by atoms with E-state index in [2.05, 4.69) is 15.4 Å². The summed E-state index contributed by atoms with van der Waals surface area (Å²) in [6.07, 6.45) is 1.69. The van der Waals surface area contributed by atoms with Crippen molar-refractivity contribution in [2.75, 3.05) is 16.8 Å². The van der Waals surface area contributed by atoms with Crippen LogP contribution in [0.15, 0.2) is 29.7 Å². The first-order valence-corrected chi connectivity index (χ1v) is 6.86. The van der Waals surface area contributed by atoms with Crippen LogP contribution in [-0.2, 0) is 11.8 Å². The van der Waals surface area contributed by atoms with Gasteiger partial charge >= 0.3 is 0 Å². The van der Waals surface area contributed by atoms with Gasteiger partial charge < -0.3 is 11.1 Å². The molecule has 1 amide bonds. The predicted molar refractivity (Wildman–Crippen MR) is 75.8 cm³/mol. The van der Waals surface area contributed by atoms with Crippen molar-refractivity contribution in [3.63, 3.8) is 0 Å². The zero-order chi connectivity index (χ0) is 14.5. The van der Waals surface area contributed by atoms with E-state index >= 15 is 0 Å². The Balaban J connectivity index is 1.84. The number of carbonyl (C=O) groups excluding carboxylic acids is 1. The lowest BCUT2D eigenvalue weighted by Crippen LogP contribution is -2.13. The first kappa shape index (κ1) is 14.3. The van der Waals surface area contributed by atoms with Gasteiger partial charge in [0.05, 0.1) is 5.69 Å². The molecule has 1 aromatic carbocycles. The number of hydrogen-bond acceptors (Lipinski definition) is 5. The van der Waals surface area contributed by atoms with Crippen LogP contribution >= 0.6 is 11.8 Å². The highest BCUT2D eigenvalue weighted by atomic mass is 32.2. The Bertz CT molecular complexity index is 616. The third kappa shape index (κ3) is 3.70. The first-order chi connectivity index (χ1) is 9.56. The number of aryl methyl sites for hydroxylation is 1. The zero-order valence-electron chi connectivity index (χ0n) is 10.8. The number of carbonyl (C=O) groups is 1. The molecule has 0 saturated carbocycles. The average molecular weight is 295 g/mol. The lowest BCUT2D eigenvalue weighted by molar-refractivity contribution is -0.115. The van der Waals surface area contributed by atoms with Gasteiger partial charge in [-0.1, -0.05) is 11.8 Å². The number of thioether (sulfide) groups is 1. The van der Waals surface area contributed by atoms with Gasteiger partial charge in [0.15, 0.2) is 5.16 Å². The number of halogens is 1. The van der Waals surface area contributed by atoms with Crippen LogP contribution in [0.4, 0.5) is 15.8 Å². The smallest absolute Gasteiger partial charge is 0.225 e. The number of aromatic nitrogens is 3. The van der Waals surface area contributed by atoms with Crippen LogP contribution in [0.5, 0.6) is 0 Å². The summed E-state index contributed by atoms with van der Waals surface area (Å²) in [7, 11) is 1.78. The largest absolute Gasteiger partial charge is 0.399 e. The minimum Gasteiger partial charge on any atom is -0.399 e. The van der Waals surface area contributed by atoms with Gasteiger partial charge in [-0.3, -0.25) is 4.79 Å². The molecule has 0 unspecified atom stereocenters. The summed E-state index contributed by atoms with van der Waals surface area (Å²) in [5.41, 5.74) is 6.04. The Morgan fingerprint density at radius 3 is 3.05 bits per heavy atom. The molecule has 6 nitrogen and oxygen atoms in total. The first-order valence-electron chi connectivity index (χ1n) is 5.88. The van der Waals surface area contributed by atoms with E-state index in [1.165, 1.54) is 36.3 Å². The summed E-state index contributed by atoms with van der Waals surface area (Å²) in [6, 6.07) is 4.05. The predicted octanol–water partition coefficient (Wildman–Crippen LogP) is 1.66. The summed E-state index contributed by atoms with van der Waals surface area (Å²) in [4.78, 5) is 15.7. The number of benzene rings is 1. The van der Waals surface area contributed by atoms with Crippen molar-refractivity contribution in [3.05, 3.63) is 30.3 Å². The Morgan fingerprint density at radius 1 is 1.55 bits per heavy atom. The van der Waals surface area contributed by atoms with E-state index in [9.17, 15) is 9.18 Å². The molecule has 2 aromatic rings. The molecule has 0 atom stereocenters. The van der Waals surface area contributed by atoms with Gasteiger partial charge in [0.1, 0.15) is 12.1 Å². The fraction of sp³-hybridized carbons (Fsp3) is 0.250. The molecule has 0 aliphatic carbocycles. The standard InChI is InChI=1S/C12H14FN5OS/c1-18-12(15-7-16-18)20-5-4-11(19)17-10-6-8(14)2-3-9(10)13/h2-3,6-7H,4-5,14H2,1H3,(H,17,19). The second-order valence-electron chi connectivity index (χ2n) is 4.05. The number of nitrogens with two attached hydrogens (primary N) is 1. The maximum atomic E-state index is 13.4. The molecule has 0 fully saturated rings. The van der Waals surface area contributed by atoms with Crippen LogP contribution in [0.2, 0.25) is 0 Å². The highest BCUT2D eigenvalue weighted by molar-refractivity contribution is 7.99. The fourth-order valence-corrected chi connectivity index (χ4v) is 2.33. The van der Waals surface area contributed by atoms with Crippen molar-refractivity contribution in [1.82, 2.24) is 14.8 Å². The van der Waals surface area contributed by atoms with Gasteiger partial charge in [0.25, 0.3) is 0 Å². The van der Waals surface area contributed by atoms with Crippen molar-refractivity contribution in [2.45, 2.75) is 11.6 Å². The van der Waals surface area contributed by atoms with Gasteiger partial charge in [0.2, 0.25) is 5.91 Å². The molecule has 3 N–H and O–H groups in total. The minimum atomic E-state index is -0.506. The van der Waals surface area contributed by atoms with E-state index in [0.717, 1.165) is 5.16 Å². The molecule has 2 rings (SSSR count). The normalized spacial score (nSPS) is 10.5. The molecule has 20 heavy (non-hydrogen) atoms. The van der Waals surface area contributed by atoms with E-state index in [4.69, 9.17) is 5.73 Å². The third-order valence-corrected chi connectivity index (χ3v) is 3.53. The van der Waals surface area contributed by atoms with Crippen LogP contribution in [0, 0.1) is 5.82 Å². The average Bonchev–Trinajstić information content (AvgIpc) is 2.80. The SMILES string of the molecule is Cn1ncnc1SCCC(=O)Nc1cc(N)ccc1F. The number of nitrogens with one attached hydrogen (secondary N) is 1. The van der Waals surface area contributed by atoms with Crippen molar-refractivity contribution >= 4 is 29.0 Å². The monoisotopic (exact) mass is 295 g/mol. The van der Waals surface area contributed by atoms with Crippen molar-refractivity contribution < 1.29 is 9.18 Å². The van der Waals surface area contributed by atoms with E-state index in [1.54, 1.807) is 11.7 Å². The number of anilines is 2. The fourth-order valence-electron chi connectivity index (χ4n) is 1.50. The summed E-state index contributed by atoms with van der Waals surface area (Å²) in [5.74, 6) is -0.250. The van der Waals surface area contributed by atoms with Crippen LogP contribution < -0.4 is 11.1 Å².